The van der Waals surface area contributed by atoms with Crippen LogP contribution >= 0.6 is 11.8 Å². The number of carbonyl (C=O) groups is 1. The minimum atomic E-state index is -0.245. The van der Waals surface area contributed by atoms with Crippen LogP contribution in [-0.2, 0) is 22.6 Å². The van der Waals surface area contributed by atoms with Crippen molar-refractivity contribution in [3.63, 3.8) is 0 Å². The summed E-state index contributed by atoms with van der Waals surface area (Å²) in [7, 11) is 0. The van der Waals surface area contributed by atoms with Crippen LogP contribution in [0.25, 0.3) is 0 Å². The van der Waals surface area contributed by atoms with Gasteiger partial charge in [0.2, 0.25) is 0 Å². The maximum atomic E-state index is 11.8. The van der Waals surface area contributed by atoms with Gasteiger partial charge < -0.3 is 15.0 Å². The molecule has 2 N–H and O–H groups in total. The molecule has 0 aliphatic heterocycles. The lowest BCUT2D eigenvalue weighted by Gasteiger charge is -2.13. The maximum absolute atomic E-state index is 11.8. The smallest absolute Gasteiger partial charge is 0.319 e. The molecule has 108 valence electrons. The quantitative estimate of drug-likeness (QED) is 0.577. The van der Waals surface area contributed by atoms with E-state index in [0.717, 1.165) is 23.9 Å². The van der Waals surface area contributed by atoms with E-state index in [1.807, 2.05) is 11.5 Å². The van der Waals surface area contributed by atoms with Gasteiger partial charge in [-0.05, 0) is 19.8 Å². The van der Waals surface area contributed by atoms with Crippen LogP contribution in [0.4, 0.5) is 0 Å². The molecule has 1 heterocycles. The van der Waals surface area contributed by atoms with Gasteiger partial charge in [0.05, 0.1) is 13.2 Å². The minimum Gasteiger partial charge on any atom is -0.465 e. The first-order valence-corrected chi connectivity index (χ1v) is 7.51. The lowest BCUT2D eigenvalue weighted by atomic mass is 10.3. The third kappa shape index (κ3) is 4.21. The number of esters is 1. The molecule has 0 aromatic carbocycles. The van der Waals surface area contributed by atoms with E-state index in [-0.39, 0.29) is 11.2 Å². The molecule has 0 radical (unpaired) electrons. The maximum Gasteiger partial charge on any atom is 0.319 e. The molecule has 1 rings (SSSR count). The van der Waals surface area contributed by atoms with Gasteiger partial charge in [-0.3, -0.25) is 4.79 Å². The van der Waals surface area contributed by atoms with Crippen molar-refractivity contribution in [3.05, 3.63) is 5.82 Å². The van der Waals surface area contributed by atoms with Crippen LogP contribution in [0, 0.1) is 0 Å². The van der Waals surface area contributed by atoms with Gasteiger partial charge in [0, 0.05) is 6.54 Å². The van der Waals surface area contributed by atoms with Crippen molar-refractivity contribution < 1.29 is 9.53 Å². The first kappa shape index (κ1) is 16.0. The fourth-order valence-electron chi connectivity index (χ4n) is 1.67. The second-order valence-corrected chi connectivity index (χ2v) is 5.19. The van der Waals surface area contributed by atoms with Crippen LogP contribution in [0.15, 0.2) is 5.16 Å². The average Bonchev–Trinajstić information content (AvgIpc) is 2.79. The van der Waals surface area contributed by atoms with Gasteiger partial charge >= 0.3 is 5.97 Å². The molecule has 0 fully saturated rings. The predicted molar refractivity (Wildman–Crippen MR) is 74.8 cm³/mol. The van der Waals surface area contributed by atoms with E-state index in [9.17, 15) is 4.79 Å². The third-order valence-electron chi connectivity index (χ3n) is 2.59. The number of nitrogens with two attached hydrogens (primary N) is 1. The summed E-state index contributed by atoms with van der Waals surface area (Å²) in [6.45, 7) is 7.40. The van der Waals surface area contributed by atoms with E-state index in [2.05, 4.69) is 17.1 Å². The summed E-state index contributed by atoms with van der Waals surface area (Å²) in [6, 6.07) is 0. The molecular formula is C12H22N4O2S. The molecule has 0 saturated carbocycles. The molecule has 0 amide bonds. The van der Waals surface area contributed by atoms with Gasteiger partial charge in [-0.25, -0.2) is 0 Å². The molecule has 0 aliphatic carbocycles. The van der Waals surface area contributed by atoms with Crippen molar-refractivity contribution in [3.8, 4) is 0 Å². The zero-order valence-electron chi connectivity index (χ0n) is 11.8. The standard InChI is InChI=1S/C12H22N4O2S/c1-4-7-16-10(8-13)14-15-12(16)19-9(5-2)11(17)18-6-3/h9H,4-8,13H2,1-3H3. The summed E-state index contributed by atoms with van der Waals surface area (Å²) >= 11 is 1.40. The number of hydrogen-bond acceptors (Lipinski definition) is 6. The molecule has 7 heteroatoms. The molecule has 1 unspecified atom stereocenters. The summed E-state index contributed by atoms with van der Waals surface area (Å²) in [5.41, 5.74) is 5.64. The van der Waals surface area contributed by atoms with Gasteiger partial charge in [-0.2, -0.15) is 0 Å². The number of ether oxygens (including phenoxy) is 1. The van der Waals surface area contributed by atoms with E-state index in [1.54, 1.807) is 6.92 Å². The normalized spacial score (nSPS) is 12.4. The van der Waals surface area contributed by atoms with E-state index in [0.29, 0.717) is 19.6 Å². The fourth-order valence-corrected chi connectivity index (χ4v) is 2.66. The lowest BCUT2D eigenvalue weighted by Crippen LogP contribution is -2.20. The first-order valence-electron chi connectivity index (χ1n) is 6.63. The number of aromatic nitrogens is 3. The van der Waals surface area contributed by atoms with Crippen molar-refractivity contribution in [1.82, 2.24) is 14.8 Å². The van der Waals surface area contributed by atoms with E-state index < -0.39 is 0 Å². The number of nitrogens with zero attached hydrogens (tertiary/aromatic N) is 3. The first-order chi connectivity index (χ1) is 9.17. The topological polar surface area (TPSA) is 83.0 Å². The van der Waals surface area contributed by atoms with Gasteiger partial charge in [0.25, 0.3) is 0 Å². The van der Waals surface area contributed by atoms with Crippen molar-refractivity contribution in [2.45, 2.75) is 57.1 Å². The molecule has 0 spiro atoms. The number of rotatable bonds is 8. The molecule has 1 aromatic heterocycles. The Morgan fingerprint density at radius 1 is 1.42 bits per heavy atom. The number of carbonyl (C=O) groups excluding carboxylic acids is 1. The van der Waals surface area contributed by atoms with E-state index >= 15 is 0 Å². The second-order valence-electron chi connectivity index (χ2n) is 4.02. The number of hydrogen-bond donors (Lipinski definition) is 1. The van der Waals surface area contributed by atoms with Gasteiger partial charge in [0.1, 0.15) is 11.1 Å². The third-order valence-corrected chi connectivity index (χ3v) is 3.91. The summed E-state index contributed by atoms with van der Waals surface area (Å²) in [4.78, 5) is 11.8. The highest BCUT2D eigenvalue weighted by atomic mass is 32.2. The van der Waals surface area contributed by atoms with Crippen LogP contribution < -0.4 is 5.73 Å². The van der Waals surface area contributed by atoms with Crippen molar-refractivity contribution in [1.29, 1.82) is 0 Å². The predicted octanol–water partition coefficient (Wildman–Crippen LogP) is 1.58. The Morgan fingerprint density at radius 2 is 2.16 bits per heavy atom. The molecule has 6 nitrogen and oxygen atoms in total. The molecule has 0 aliphatic rings. The van der Waals surface area contributed by atoms with Crippen LogP contribution in [0.1, 0.15) is 39.4 Å². The van der Waals surface area contributed by atoms with Gasteiger partial charge in [0.15, 0.2) is 5.16 Å². The molecule has 0 bridgehead atoms. The van der Waals surface area contributed by atoms with Crippen molar-refractivity contribution in [2.75, 3.05) is 6.61 Å². The molecule has 1 atom stereocenters. The Labute approximate surface area is 118 Å². The SMILES string of the molecule is CCCn1c(CN)nnc1SC(CC)C(=O)OCC. The second kappa shape index (κ2) is 8.16. The van der Waals surface area contributed by atoms with Crippen molar-refractivity contribution >= 4 is 17.7 Å². The monoisotopic (exact) mass is 286 g/mol. The summed E-state index contributed by atoms with van der Waals surface area (Å²) < 4.78 is 7.04. The zero-order valence-corrected chi connectivity index (χ0v) is 12.6. The van der Waals surface area contributed by atoms with Crippen LogP contribution in [0.5, 0.6) is 0 Å². The summed E-state index contributed by atoms with van der Waals surface area (Å²) in [5.74, 6) is 0.554. The Balaban J connectivity index is 2.84. The van der Waals surface area contributed by atoms with Crippen molar-refractivity contribution in [2.24, 2.45) is 5.73 Å². The van der Waals surface area contributed by atoms with Gasteiger partial charge in [-0.15, -0.1) is 10.2 Å². The Kier molecular flexibility index (Phi) is 6.86. The zero-order chi connectivity index (χ0) is 14.3. The molecule has 1 aromatic rings. The van der Waals surface area contributed by atoms with Crippen LogP contribution in [0.2, 0.25) is 0 Å². The highest BCUT2D eigenvalue weighted by Crippen LogP contribution is 2.25. The fraction of sp³-hybridized carbons (Fsp3) is 0.750. The molecule has 0 saturated heterocycles. The Bertz CT molecular complexity index is 408. The summed E-state index contributed by atoms with van der Waals surface area (Å²) in [6.07, 6.45) is 1.66. The number of thioether (sulfide) groups is 1. The average molecular weight is 286 g/mol. The highest BCUT2D eigenvalue weighted by molar-refractivity contribution is 8.00. The molecule has 19 heavy (non-hydrogen) atoms. The summed E-state index contributed by atoms with van der Waals surface area (Å²) in [5, 5.41) is 8.68. The van der Waals surface area contributed by atoms with E-state index in [1.165, 1.54) is 11.8 Å². The lowest BCUT2D eigenvalue weighted by molar-refractivity contribution is -0.142. The highest BCUT2D eigenvalue weighted by Gasteiger charge is 2.23. The van der Waals surface area contributed by atoms with Crippen LogP contribution in [-0.4, -0.2) is 32.6 Å². The largest absolute Gasteiger partial charge is 0.465 e. The Morgan fingerprint density at radius 3 is 2.68 bits per heavy atom. The Hall–Kier alpha value is -1.08. The van der Waals surface area contributed by atoms with Gasteiger partial charge in [-0.1, -0.05) is 25.6 Å². The van der Waals surface area contributed by atoms with E-state index in [4.69, 9.17) is 10.5 Å². The molecular weight excluding hydrogens is 264 g/mol. The minimum absolute atomic E-state index is 0.199. The van der Waals surface area contributed by atoms with Crippen LogP contribution in [0.3, 0.4) is 0 Å².